The second kappa shape index (κ2) is 8.92. The highest BCUT2D eigenvalue weighted by atomic mass is 14.6. The Labute approximate surface area is 137 Å². The maximum absolute atomic E-state index is 3.96. The van der Waals surface area contributed by atoms with Crippen LogP contribution in [0.4, 0.5) is 0 Å². The molecule has 0 fully saturated rings. The van der Waals surface area contributed by atoms with E-state index in [0.717, 1.165) is 0 Å². The maximum atomic E-state index is 3.96. The van der Waals surface area contributed by atoms with Crippen LogP contribution >= 0.6 is 0 Å². The number of nitrogens with zero attached hydrogens (tertiary/aromatic N) is 1. The Hall–Kier alpha value is -1.37. The first-order valence-electron chi connectivity index (χ1n) is 8.49. The molecule has 0 amide bonds. The molecule has 0 radical (unpaired) electrons. The molecule has 0 aromatic heterocycles. The normalized spacial score (nSPS) is 20.5. The van der Waals surface area contributed by atoms with Gasteiger partial charge >= 0.3 is 0 Å². The number of hydrogen-bond acceptors (Lipinski definition) is 1. The van der Waals surface area contributed by atoms with Crippen LogP contribution in [0, 0.1) is 5.41 Å². The zero-order valence-electron chi connectivity index (χ0n) is 15.4. The highest BCUT2D eigenvalue weighted by Gasteiger charge is 2.27. The molecule has 0 aromatic carbocycles. The van der Waals surface area contributed by atoms with Crippen LogP contribution in [0.1, 0.15) is 66.7 Å². The average Bonchev–Trinajstić information content (AvgIpc) is 2.43. The van der Waals surface area contributed by atoms with E-state index in [0.29, 0.717) is 5.41 Å². The number of aliphatic imine (C=N–C) groups is 1. The van der Waals surface area contributed by atoms with E-state index >= 15 is 0 Å². The highest BCUT2D eigenvalue weighted by molar-refractivity contribution is 5.72. The fourth-order valence-corrected chi connectivity index (χ4v) is 3.24. The van der Waals surface area contributed by atoms with Crippen molar-refractivity contribution in [2.75, 3.05) is 7.05 Å². The van der Waals surface area contributed by atoms with Gasteiger partial charge in [-0.1, -0.05) is 48.8 Å². The summed E-state index contributed by atoms with van der Waals surface area (Å²) in [5.74, 6) is 0. The largest absolute Gasteiger partial charge is 0.297 e. The van der Waals surface area contributed by atoms with Gasteiger partial charge in [0.25, 0.3) is 0 Å². The van der Waals surface area contributed by atoms with Crippen molar-refractivity contribution in [2.24, 2.45) is 10.4 Å². The van der Waals surface area contributed by atoms with Gasteiger partial charge in [0.2, 0.25) is 0 Å². The van der Waals surface area contributed by atoms with E-state index in [-0.39, 0.29) is 0 Å². The van der Waals surface area contributed by atoms with E-state index in [1.165, 1.54) is 43.3 Å². The van der Waals surface area contributed by atoms with Crippen LogP contribution in [0.15, 0.2) is 51.6 Å². The van der Waals surface area contributed by atoms with Gasteiger partial charge in [-0.2, -0.15) is 0 Å². The third kappa shape index (κ3) is 6.17. The maximum Gasteiger partial charge on any atom is 0.0277 e. The second-order valence-electron chi connectivity index (χ2n) is 7.19. The molecule has 0 aliphatic heterocycles. The van der Waals surface area contributed by atoms with E-state index in [1.54, 1.807) is 18.2 Å². The Bertz CT molecular complexity index is 510. The Morgan fingerprint density at radius 3 is 2.59 bits per heavy atom. The van der Waals surface area contributed by atoms with Gasteiger partial charge in [0.1, 0.15) is 0 Å². The van der Waals surface area contributed by atoms with Crippen molar-refractivity contribution in [3.8, 4) is 0 Å². The van der Waals surface area contributed by atoms with Crippen LogP contribution in [0.3, 0.4) is 0 Å². The lowest BCUT2D eigenvalue weighted by molar-refractivity contribution is 0.354. The van der Waals surface area contributed by atoms with Gasteiger partial charge in [0, 0.05) is 13.3 Å². The van der Waals surface area contributed by atoms with Crippen LogP contribution in [0.2, 0.25) is 0 Å². The van der Waals surface area contributed by atoms with Crippen molar-refractivity contribution in [2.45, 2.75) is 66.7 Å². The Balaban J connectivity index is 2.60. The standard InChI is InChI=1S/C21H33N/c1-17(9-7-10-18(2)14-16-22-6)12-13-20-19(3)11-8-15-21(20,4)5/h7,9-10,14,16H,8,11-13,15H2,1-6H3/b10-7-,17-9+,18-14+,22-16?. The van der Waals surface area contributed by atoms with E-state index in [9.17, 15) is 0 Å². The molecule has 0 saturated carbocycles. The van der Waals surface area contributed by atoms with E-state index in [1.807, 2.05) is 12.3 Å². The Morgan fingerprint density at radius 2 is 1.95 bits per heavy atom. The molecule has 0 unspecified atom stereocenters. The molecule has 1 aliphatic carbocycles. The summed E-state index contributed by atoms with van der Waals surface area (Å²) in [6, 6.07) is 0. The van der Waals surface area contributed by atoms with Crippen molar-refractivity contribution in [1.29, 1.82) is 0 Å². The molecule has 1 heteroatoms. The molecule has 0 saturated heterocycles. The van der Waals surface area contributed by atoms with Crippen LogP contribution in [0.25, 0.3) is 0 Å². The molecule has 1 aliphatic rings. The highest BCUT2D eigenvalue weighted by Crippen LogP contribution is 2.42. The van der Waals surface area contributed by atoms with Crippen molar-refractivity contribution in [3.05, 3.63) is 46.6 Å². The van der Waals surface area contributed by atoms with Gasteiger partial charge < -0.3 is 0 Å². The van der Waals surface area contributed by atoms with Crippen LogP contribution < -0.4 is 0 Å². The zero-order chi connectivity index (χ0) is 16.6. The molecule has 0 heterocycles. The summed E-state index contributed by atoms with van der Waals surface area (Å²) >= 11 is 0. The summed E-state index contributed by atoms with van der Waals surface area (Å²) in [4.78, 5) is 3.96. The summed E-state index contributed by atoms with van der Waals surface area (Å²) in [6.45, 7) is 11.5. The number of hydrogen-bond donors (Lipinski definition) is 0. The smallest absolute Gasteiger partial charge is 0.0277 e. The first-order chi connectivity index (χ1) is 10.4. The van der Waals surface area contributed by atoms with Gasteiger partial charge in [0.15, 0.2) is 0 Å². The monoisotopic (exact) mass is 299 g/mol. The van der Waals surface area contributed by atoms with E-state index in [2.05, 4.69) is 57.8 Å². The van der Waals surface area contributed by atoms with E-state index in [4.69, 9.17) is 0 Å². The van der Waals surface area contributed by atoms with Gasteiger partial charge in [-0.15, -0.1) is 0 Å². The average molecular weight is 300 g/mol. The topological polar surface area (TPSA) is 12.4 Å². The van der Waals surface area contributed by atoms with Gasteiger partial charge in [0.05, 0.1) is 0 Å². The van der Waals surface area contributed by atoms with Crippen molar-refractivity contribution in [1.82, 2.24) is 0 Å². The molecule has 0 spiro atoms. The van der Waals surface area contributed by atoms with Gasteiger partial charge in [-0.3, -0.25) is 4.99 Å². The first-order valence-corrected chi connectivity index (χ1v) is 8.49. The van der Waals surface area contributed by atoms with Gasteiger partial charge in [-0.05, 0) is 69.9 Å². The molecule has 0 N–H and O–H groups in total. The molecule has 1 nitrogen and oxygen atoms in total. The Kier molecular flexibility index (Phi) is 7.58. The van der Waals surface area contributed by atoms with Crippen molar-refractivity contribution >= 4 is 6.21 Å². The summed E-state index contributed by atoms with van der Waals surface area (Å²) in [7, 11) is 1.79. The Morgan fingerprint density at radius 1 is 1.23 bits per heavy atom. The minimum Gasteiger partial charge on any atom is -0.297 e. The third-order valence-electron chi connectivity index (χ3n) is 4.68. The SMILES string of the molecule is CN=C/C=C(C)/C=C\C=C(/C)CCC1=C(C)CCCC1(C)C. The third-order valence-corrected chi connectivity index (χ3v) is 4.68. The molecular weight excluding hydrogens is 266 g/mol. The molecule has 122 valence electrons. The van der Waals surface area contributed by atoms with Crippen LogP contribution in [0.5, 0.6) is 0 Å². The minimum absolute atomic E-state index is 0.400. The second-order valence-corrected chi connectivity index (χ2v) is 7.19. The predicted octanol–water partition coefficient (Wildman–Crippen LogP) is 6.44. The summed E-state index contributed by atoms with van der Waals surface area (Å²) in [5.41, 5.74) is 6.41. The molecular formula is C21H33N. The molecule has 0 aromatic rings. The fraction of sp³-hybridized carbons (Fsp3) is 0.571. The lowest BCUT2D eigenvalue weighted by Gasteiger charge is -2.34. The first kappa shape index (κ1) is 18.7. The van der Waals surface area contributed by atoms with E-state index < -0.39 is 0 Å². The van der Waals surface area contributed by atoms with Gasteiger partial charge in [-0.25, -0.2) is 0 Å². The quantitative estimate of drug-likeness (QED) is 0.304. The molecule has 22 heavy (non-hydrogen) atoms. The summed E-state index contributed by atoms with van der Waals surface area (Å²) < 4.78 is 0. The van der Waals surface area contributed by atoms with Crippen molar-refractivity contribution < 1.29 is 0 Å². The lowest BCUT2D eigenvalue weighted by atomic mass is 9.71. The molecule has 0 bridgehead atoms. The summed E-state index contributed by atoms with van der Waals surface area (Å²) in [6.07, 6.45) is 16.8. The molecule has 0 atom stereocenters. The van der Waals surface area contributed by atoms with Crippen LogP contribution in [-0.4, -0.2) is 13.3 Å². The predicted molar refractivity (Wildman–Crippen MR) is 101 cm³/mol. The fourth-order valence-electron chi connectivity index (χ4n) is 3.24. The minimum atomic E-state index is 0.400. The number of allylic oxidation sites excluding steroid dienone is 8. The molecule has 1 rings (SSSR count). The zero-order valence-corrected chi connectivity index (χ0v) is 15.4. The number of rotatable bonds is 6. The summed E-state index contributed by atoms with van der Waals surface area (Å²) in [5, 5.41) is 0. The van der Waals surface area contributed by atoms with Crippen molar-refractivity contribution in [3.63, 3.8) is 0 Å². The van der Waals surface area contributed by atoms with Crippen LogP contribution in [-0.2, 0) is 0 Å². The lowest BCUT2D eigenvalue weighted by Crippen LogP contribution is -2.20.